The third-order valence-electron chi connectivity index (χ3n) is 4.63. The van der Waals surface area contributed by atoms with Gasteiger partial charge in [0.2, 0.25) is 5.91 Å². The molecule has 1 unspecified atom stereocenters. The number of benzene rings is 1. The normalized spacial score (nSPS) is 17.3. The van der Waals surface area contributed by atoms with Crippen LogP contribution in [0.3, 0.4) is 0 Å². The molecule has 1 atom stereocenters. The first-order valence-corrected chi connectivity index (χ1v) is 8.35. The summed E-state index contributed by atoms with van der Waals surface area (Å²) in [5.41, 5.74) is 1.18. The van der Waals surface area contributed by atoms with E-state index >= 15 is 0 Å². The molecule has 1 fully saturated rings. The zero-order valence-electron chi connectivity index (χ0n) is 13.3. The van der Waals surface area contributed by atoms with Crippen molar-refractivity contribution >= 4 is 23.3 Å². The summed E-state index contributed by atoms with van der Waals surface area (Å²) in [4.78, 5) is 25.5. The van der Waals surface area contributed by atoms with Gasteiger partial charge in [0.05, 0.1) is 0 Å². The first kappa shape index (κ1) is 17.0. The van der Waals surface area contributed by atoms with Crippen molar-refractivity contribution < 1.29 is 9.59 Å². The SMILES string of the molecule is CC(Cc1ccc(Cl)cc1)N(C)C(=O)CC1CCC(=O)CC1. The number of halogens is 1. The molecule has 1 aromatic rings. The van der Waals surface area contributed by atoms with Crippen molar-refractivity contribution in [1.29, 1.82) is 0 Å². The summed E-state index contributed by atoms with van der Waals surface area (Å²) in [6, 6.07) is 7.92. The predicted octanol–water partition coefficient (Wildman–Crippen LogP) is 3.88. The monoisotopic (exact) mass is 321 g/mol. The van der Waals surface area contributed by atoms with Gasteiger partial charge in [-0.05, 0) is 49.8 Å². The first-order chi connectivity index (χ1) is 10.5. The molecule has 4 heteroatoms. The Bertz CT molecular complexity index is 516. The topological polar surface area (TPSA) is 37.4 Å². The van der Waals surface area contributed by atoms with Gasteiger partial charge in [-0.1, -0.05) is 23.7 Å². The van der Waals surface area contributed by atoms with Crippen LogP contribution in [0, 0.1) is 5.92 Å². The highest BCUT2D eigenvalue weighted by atomic mass is 35.5. The van der Waals surface area contributed by atoms with E-state index in [-0.39, 0.29) is 11.9 Å². The van der Waals surface area contributed by atoms with Crippen LogP contribution < -0.4 is 0 Å². The Morgan fingerprint density at radius 3 is 2.45 bits per heavy atom. The van der Waals surface area contributed by atoms with E-state index in [4.69, 9.17) is 11.6 Å². The van der Waals surface area contributed by atoms with Crippen LogP contribution >= 0.6 is 11.6 Å². The fraction of sp³-hybridized carbons (Fsp3) is 0.556. The molecule has 0 aromatic heterocycles. The van der Waals surface area contributed by atoms with Gasteiger partial charge in [0.15, 0.2) is 0 Å². The number of likely N-dealkylation sites (N-methyl/N-ethyl adjacent to an activating group) is 1. The summed E-state index contributed by atoms with van der Waals surface area (Å²) in [6.07, 6.45) is 4.40. The van der Waals surface area contributed by atoms with Crippen molar-refractivity contribution in [2.24, 2.45) is 5.92 Å². The number of amides is 1. The lowest BCUT2D eigenvalue weighted by Crippen LogP contribution is -2.37. The number of carbonyl (C=O) groups is 2. The molecular formula is C18H24ClNO2. The highest BCUT2D eigenvalue weighted by Crippen LogP contribution is 2.25. The average Bonchev–Trinajstić information content (AvgIpc) is 2.51. The number of rotatable bonds is 5. The van der Waals surface area contributed by atoms with Crippen LogP contribution in [-0.4, -0.2) is 29.7 Å². The molecule has 1 amide bonds. The van der Waals surface area contributed by atoms with Crippen LogP contribution in [0.15, 0.2) is 24.3 Å². The third kappa shape index (κ3) is 4.84. The summed E-state index contributed by atoms with van der Waals surface area (Å²) in [5.74, 6) is 0.893. The molecule has 0 radical (unpaired) electrons. The zero-order valence-corrected chi connectivity index (χ0v) is 14.1. The predicted molar refractivity (Wildman–Crippen MR) is 89.0 cm³/mol. The van der Waals surface area contributed by atoms with Gasteiger partial charge in [-0.15, -0.1) is 0 Å². The average molecular weight is 322 g/mol. The summed E-state index contributed by atoms with van der Waals surface area (Å²) >= 11 is 5.89. The Morgan fingerprint density at radius 1 is 1.27 bits per heavy atom. The molecule has 1 aromatic carbocycles. The van der Waals surface area contributed by atoms with Crippen molar-refractivity contribution in [3.8, 4) is 0 Å². The van der Waals surface area contributed by atoms with Gasteiger partial charge in [-0.2, -0.15) is 0 Å². The van der Waals surface area contributed by atoms with Crippen LogP contribution in [0.5, 0.6) is 0 Å². The second kappa shape index (κ2) is 7.77. The largest absolute Gasteiger partial charge is 0.343 e. The summed E-state index contributed by atoms with van der Waals surface area (Å²) in [6.45, 7) is 2.07. The minimum absolute atomic E-state index is 0.152. The molecular weight excluding hydrogens is 298 g/mol. The maximum atomic E-state index is 12.4. The van der Waals surface area contributed by atoms with Crippen molar-refractivity contribution in [1.82, 2.24) is 4.90 Å². The van der Waals surface area contributed by atoms with Crippen LogP contribution in [0.1, 0.15) is 44.6 Å². The van der Waals surface area contributed by atoms with Gasteiger partial charge in [0.25, 0.3) is 0 Å². The lowest BCUT2D eigenvalue weighted by Gasteiger charge is -2.28. The molecule has 2 rings (SSSR count). The van der Waals surface area contributed by atoms with Crippen molar-refractivity contribution in [3.05, 3.63) is 34.9 Å². The van der Waals surface area contributed by atoms with Gasteiger partial charge < -0.3 is 4.90 Å². The van der Waals surface area contributed by atoms with E-state index in [1.165, 1.54) is 5.56 Å². The maximum Gasteiger partial charge on any atom is 0.222 e. The van der Waals surface area contributed by atoms with E-state index in [0.29, 0.717) is 31.0 Å². The van der Waals surface area contributed by atoms with Crippen molar-refractivity contribution in [2.45, 2.75) is 51.5 Å². The minimum atomic E-state index is 0.152. The molecule has 22 heavy (non-hydrogen) atoms. The zero-order chi connectivity index (χ0) is 16.1. The van der Waals surface area contributed by atoms with E-state index in [1.807, 2.05) is 36.2 Å². The summed E-state index contributed by atoms with van der Waals surface area (Å²) < 4.78 is 0. The number of hydrogen-bond acceptors (Lipinski definition) is 2. The Kier molecular flexibility index (Phi) is 6.01. The van der Waals surface area contributed by atoms with E-state index in [2.05, 4.69) is 6.92 Å². The molecule has 1 aliphatic rings. The molecule has 1 aliphatic carbocycles. The van der Waals surface area contributed by atoms with Crippen LogP contribution in [-0.2, 0) is 16.0 Å². The minimum Gasteiger partial charge on any atom is -0.343 e. The molecule has 0 aliphatic heterocycles. The van der Waals surface area contributed by atoms with Crippen LogP contribution in [0.4, 0.5) is 0 Å². The Hall–Kier alpha value is -1.35. The summed E-state index contributed by atoms with van der Waals surface area (Å²) in [5, 5.41) is 0.729. The number of nitrogens with zero attached hydrogens (tertiary/aromatic N) is 1. The van der Waals surface area contributed by atoms with Gasteiger partial charge in [0.1, 0.15) is 5.78 Å². The third-order valence-corrected chi connectivity index (χ3v) is 4.88. The van der Waals surface area contributed by atoms with Crippen LogP contribution in [0.25, 0.3) is 0 Å². The van der Waals surface area contributed by atoms with Crippen molar-refractivity contribution in [2.75, 3.05) is 7.05 Å². The molecule has 0 bridgehead atoms. The summed E-state index contributed by atoms with van der Waals surface area (Å²) in [7, 11) is 1.87. The Labute approximate surface area is 137 Å². The molecule has 3 nitrogen and oxygen atoms in total. The quantitative estimate of drug-likeness (QED) is 0.825. The molecule has 0 saturated heterocycles. The van der Waals surface area contributed by atoms with Crippen molar-refractivity contribution in [3.63, 3.8) is 0 Å². The standard InChI is InChI=1S/C18H24ClNO2/c1-13(11-14-3-7-16(19)8-4-14)20(2)18(22)12-15-5-9-17(21)10-6-15/h3-4,7-8,13,15H,5-6,9-12H2,1-2H3. The highest BCUT2D eigenvalue weighted by Gasteiger charge is 2.24. The van der Waals surface area contributed by atoms with Gasteiger partial charge in [0, 0.05) is 37.4 Å². The number of ketones is 1. The van der Waals surface area contributed by atoms with Gasteiger partial charge >= 0.3 is 0 Å². The number of Topliss-reactive ketones (excluding diaryl/α,β-unsaturated/α-hetero) is 1. The fourth-order valence-electron chi connectivity index (χ4n) is 2.94. The van der Waals surface area contributed by atoms with E-state index in [9.17, 15) is 9.59 Å². The second-order valence-corrected chi connectivity index (χ2v) is 6.81. The lowest BCUT2D eigenvalue weighted by atomic mass is 9.86. The second-order valence-electron chi connectivity index (χ2n) is 6.37. The number of hydrogen-bond donors (Lipinski definition) is 0. The van der Waals surface area contributed by atoms with Crippen LogP contribution in [0.2, 0.25) is 5.02 Å². The van der Waals surface area contributed by atoms with E-state index in [0.717, 1.165) is 24.3 Å². The maximum absolute atomic E-state index is 12.4. The Balaban J connectivity index is 1.83. The molecule has 0 heterocycles. The highest BCUT2D eigenvalue weighted by molar-refractivity contribution is 6.30. The Morgan fingerprint density at radius 2 is 1.86 bits per heavy atom. The van der Waals surface area contributed by atoms with E-state index < -0.39 is 0 Å². The molecule has 120 valence electrons. The first-order valence-electron chi connectivity index (χ1n) is 7.97. The lowest BCUT2D eigenvalue weighted by molar-refractivity contribution is -0.133. The van der Waals surface area contributed by atoms with E-state index in [1.54, 1.807) is 0 Å². The smallest absolute Gasteiger partial charge is 0.222 e. The van der Waals surface area contributed by atoms with Gasteiger partial charge in [-0.3, -0.25) is 9.59 Å². The van der Waals surface area contributed by atoms with Gasteiger partial charge in [-0.25, -0.2) is 0 Å². The fourth-order valence-corrected chi connectivity index (χ4v) is 3.06. The number of carbonyl (C=O) groups excluding carboxylic acids is 2. The molecule has 0 N–H and O–H groups in total. The molecule has 0 spiro atoms. The molecule has 1 saturated carbocycles.